The number of benzene rings is 3. The first-order valence-electron chi connectivity index (χ1n) is 14.9. The maximum Gasteiger partial charge on any atom is 0.291 e. The van der Waals surface area contributed by atoms with E-state index in [1.807, 2.05) is 24.3 Å². The Bertz CT molecular complexity index is 1570. The van der Waals surface area contributed by atoms with E-state index in [9.17, 15) is 9.59 Å². The molecule has 8 nitrogen and oxygen atoms in total. The van der Waals surface area contributed by atoms with Crippen molar-refractivity contribution in [2.24, 2.45) is 0 Å². The minimum absolute atomic E-state index is 0.198. The number of piperazine rings is 1. The molecule has 0 bridgehead atoms. The monoisotopic (exact) mass is 579 g/mol. The number of carbonyl (C=O) groups is 2. The number of furan rings is 1. The molecule has 3 aromatic carbocycles. The number of anilines is 3. The van der Waals surface area contributed by atoms with Gasteiger partial charge in [-0.1, -0.05) is 49.4 Å². The Morgan fingerprint density at radius 2 is 1.53 bits per heavy atom. The zero-order valence-electron chi connectivity index (χ0n) is 25.5. The van der Waals surface area contributed by atoms with Crippen LogP contribution in [0.3, 0.4) is 0 Å². The standard InChI is InChI=1S/C35H41N5O3/c1-5-38(4)24-28-11-8-10-27(21-28)23-36-34(41)29-14-15-32(30(22-29)37-35(42)33-16-13-26(3)43-33)40-19-17-39(18-20-40)31-12-7-6-9-25(31)2/h6-16,21-22H,5,17-20,23-24H2,1-4H3,(H,36,41)(H,37,42). The molecule has 5 rings (SSSR count). The normalized spacial score (nSPS) is 13.3. The van der Waals surface area contributed by atoms with E-state index < -0.39 is 0 Å². The van der Waals surface area contributed by atoms with Gasteiger partial charge in [-0.25, -0.2) is 0 Å². The molecule has 1 fully saturated rings. The van der Waals surface area contributed by atoms with Crippen molar-refractivity contribution in [2.75, 3.05) is 54.9 Å². The van der Waals surface area contributed by atoms with Gasteiger partial charge in [-0.3, -0.25) is 9.59 Å². The lowest BCUT2D eigenvalue weighted by Crippen LogP contribution is -2.47. The fraction of sp³-hybridized carbons (Fsp3) is 0.314. The van der Waals surface area contributed by atoms with Crippen molar-refractivity contribution in [3.8, 4) is 0 Å². The Morgan fingerprint density at radius 1 is 0.814 bits per heavy atom. The number of carbonyl (C=O) groups excluding carboxylic acids is 2. The summed E-state index contributed by atoms with van der Waals surface area (Å²) in [6.07, 6.45) is 0. The van der Waals surface area contributed by atoms with E-state index in [1.54, 1.807) is 25.1 Å². The summed E-state index contributed by atoms with van der Waals surface area (Å²) >= 11 is 0. The molecule has 4 aromatic rings. The first kappa shape index (κ1) is 29.9. The summed E-state index contributed by atoms with van der Waals surface area (Å²) in [5.41, 5.74) is 6.70. The van der Waals surface area contributed by atoms with Crippen LogP contribution in [0, 0.1) is 13.8 Å². The van der Waals surface area contributed by atoms with Gasteiger partial charge in [0.2, 0.25) is 0 Å². The highest BCUT2D eigenvalue weighted by molar-refractivity contribution is 6.05. The Labute approximate surface area is 254 Å². The van der Waals surface area contributed by atoms with Crippen LogP contribution in [0.15, 0.2) is 83.3 Å². The summed E-state index contributed by atoms with van der Waals surface area (Å²) in [4.78, 5) is 33.3. The lowest BCUT2D eigenvalue weighted by atomic mass is 10.1. The van der Waals surface area contributed by atoms with Crippen LogP contribution in [0.25, 0.3) is 0 Å². The molecule has 0 spiro atoms. The number of para-hydroxylation sites is 1. The van der Waals surface area contributed by atoms with E-state index in [1.165, 1.54) is 16.8 Å². The molecule has 0 saturated carbocycles. The van der Waals surface area contributed by atoms with Gasteiger partial charge < -0.3 is 29.8 Å². The summed E-state index contributed by atoms with van der Waals surface area (Å²) in [6.45, 7) is 11.6. The number of nitrogens with one attached hydrogen (secondary N) is 2. The number of rotatable bonds is 10. The molecular formula is C35H41N5O3. The molecule has 1 aliphatic heterocycles. The second kappa shape index (κ2) is 13.6. The summed E-state index contributed by atoms with van der Waals surface area (Å²) in [5, 5.41) is 6.07. The van der Waals surface area contributed by atoms with Crippen molar-refractivity contribution in [1.82, 2.24) is 10.2 Å². The van der Waals surface area contributed by atoms with Crippen molar-refractivity contribution < 1.29 is 14.0 Å². The largest absolute Gasteiger partial charge is 0.456 e. The molecular weight excluding hydrogens is 538 g/mol. The molecule has 0 atom stereocenters. The number of amides is 2. The Kier molecular flexibility index (Phi) is 9.47. The minimum atomic E-state index is -0.348. The second-order valence-electron chi connectivity index (χ2n) is 11.2. The van der Waals surface area contributed by atoms with E-state index >= 15 is 0 Å². The first-order chi connectivity index (χ1) is 20.8. The molecule has 0 aliphatic carbocycles. The van der Waals surface area contributed by atoms with Crippen LogP contribution in [-0.4, -0.2) is 56.5 Å². The van der Waals surface area contributed by atoms with Crippen molar-refractivity contribution in [3.05, 3.63) is 113 Å². The topological polar surface area (TPSA) is 81.1 Å². The van der Waals surface area contributed by atoms with Gasteiger partial charge >= 0.3 is 0 Å². The third-order valence-electron chi connectivity index (χ3n) is 7.98. The lowest BCUT2D eigenvalue weighted by Gasteiger charge is -2.38. The average Bonchev–Trinajstić information content (AvgIpc) is 3.47. The lowest BCUT2D eigenvalue weighted by molar-refractivity contribution is 0.0949. The third kappa shape index (κ3) is 7.45. The summed E-state index contributed by atoms with van der Waals surface area (Å²) < 4.78 is 5.57. The predicted molar refractivity (Wildman–Crippen MR) is 173 cm³/mol. The van der Waals surface area contributed by atoms with Crippen LogP contribution in [0.4, 0.5) is 17.1 Å². The molecule has 2 amide bonds. The van der Waals surface area contributed by atoms with E-state index in [-0.39, 0.29) is 17.6 Å². The number of hydrogen-bond donors (Lipinski definition) is 2. The van der Waals surface area contributed by atoms with Crippen LogP contribution in [0.2, 0.25) is 0 Å². The SMILES string of the molecule is CCN(C)Cc1cccc(CNC(=O)c2ccc(N3CCN(c4ccccc4C)CC3)c(NC(=O)c3ccc(C)o3)c2)c1. The number of hydrogen-bond acceptors (Lipinski definition) is 6. The summed E-state index contributed by atoms with van der Waals surface area (Å²) in [5.74, 6) is 0.350. The summed E-state index contributed by atoms with van der Waals surface area (Å²) in [6, 6.07) is 25.7. The van der Waals surface area contributed by atoms with Crippen molar-refractivity contribution >= 4 is 28.9 Å². The Balaban J connectivity index is 1.32. The smallest absolute Gasteiger partial charge is 0.291 e. The summed E-state index contributed by atoms with van der Waals surface area (Å²) in [7, 11) is 2.09. The maximum absolute atomic E-state index is 13.3. The molecule has 1 aromatic heterocycles. The molecule has 8 heteroatoms. The van der Waals surface area contributed by atoms with Crippen molar-refractivity contribution in [2.45, 2.75) is 33.9 Å². The highest BCUT2D eigenvalue weighted by Crippen LogP contribution is 2.30. The van der Waals surface area contributed by atoms with Gasteiger partial charge in [-0.15, -0.1) is 0 Å². The van der Waals surface area contributed by atoms with Crippen LogP contribution >= 0.6 is 0 Å². The van der Waals surface area contributed by atoms with Gasteiger partial charge in [0.1, 0.15) is 5.76 Å². The van der Waals surface area contributed by atoms with Crippen LogP contribution in [-0.2, 0) is 13.1 Å². The molecule has 1 aliphatic rings. The fourth-order valence-electron chi connectivity index (χ4n) is 5.45. The van der Waals surface area contributed by atoms with Gasteiger partial charge in [0.15, 0.2) is 5.76 Å². The number of aryl methyl sites for hydroxylation is 2. The third-order valence-corrected chi connectivity index (χ3v) is 7.98. The quantitative estimate of drug-likeness (QED) is 0.245. The molecule has 2 heterocycles. The molecule has 2 N–H and O–H groups in total. The van der Waals surface area contributed by atoms with E-state index in [4.69, 9.17) is 4.42 Å². The zero-order chi connectivity index (χ0) is 30.3. The highest BCUT2D eigenvalue weighted by Gasteiger charge is 2.23. The van der Waals surface area contributed by atoms with Gasteiger partial charge in [-0.05, 0) is 80.5 Å². The zero-order valence-corrected chi connectivity index (χ0v) is 25.5. The van der Waals surface area contributed by atoms with Gasteiger partial charge in [-0.2, -0.15) is 0 Å². The van der Waals surface area contributed by atoms with Gasteiger partial charge in [0, 0.05) is 50.5 Å². The van der Waals surface area contributed by atoms with E-state index in [0.29, 0.717) is 23.6 Å². The molecule has 1 saturated heterocycles. The molecule has 0 unspecified atom stereocenters. The van der Waals surface area contributed by atoms with Crippen molar-refractivity contribution in [1.29, 1.82) is 0 Å². The first-order valence-corrected chi connectivity index (χ1v) is 14.9. The Morgan fingerprint density at radius 3 is 2.23 bits per heavy atom. The Hall–Kier alpha value is -4.56. The maximum atomic E-state index is 13.3. The highest BCUT2D eigenvalue weighted by atomic mass is 16.3. The van der Waals surface area contributed by atoms with Gasteiger partial charge in [0.05, 0.1) is 11.4 Å². The van der Waals surface area contributed by atoms with Crippen molar-refractivity contribution in [3.63, 3.8) is 0 Å². The molecule has 224 valence electrons. The fourth-order valence-corrected chi connectivity index (χ4v) is 5.45. The molecule has 43 heavy (non-hydrogen) atoms. The van der Waals surface area contributed by atoms with Crippen LogP contribution in [0.1, 0.15) is 50.3 Å². The van der Waals surface area contributed by atoms with Crippen LogP contribution in [0.5, 0.6) is 0 Å². The molecule has 0 radical (unpaired) electrons. The number of nitrogens with zero attached hydrogens (tertiary/aromatic N) is 3. The van der Waals surface area contributed by atoms with Gasteiger partial charge in [0.25, 0.3) is 11.8 Å². The van der Waals surface area contributed by atoms with Crippen LogP contribution < -0.4 is 20.4 Å². The average molecular weight is 580 g/mol. The minimum Gasteiger partial charge on any atom is -0.456 e. The second-order valence-corrected chi connectivity index (χ2v) is 11.2. The van der Waals surface area contributed by atoms with E-state index in [2.05, 4.69) is 82.6 Å². The van der Waals surface area contributed by atoms with E-state index in [0.717, 1.165) is 50.5 Å². The predicted octanol–water partition coefficient (Wildman–Crippen LogP) is 5.86.